The number of nitrogens with zero attached hydrogens (tertiary/aromatic N) is 1. The van der Waals surface area contributed by atoms with Gasteiger partial charge in [0, 0.05) is 18.3 Å². The summed E-state index contributed by atoms with van der Waals surface area (Å²) in [5, 5.41) is 13.9. The average molecular weight is 381 g/mol. The molecule has 28 heavy (non-hydrogen) atoms. The van der Waals surface area contributed by atoms with Gasteiger partial charge < -0.3 is 20.1 Å². The molecule has 144 valence electrons. The van der Waals surface area contributed by atoms with Crippen molar-refractivity contribution in [1.29, 1.82) is 5.26 Å². The molecule has 2 N–H and O–H groups in total. The molecule has 0 aromatic heterocycles. The minimum absolute atomic E-state index is 0.228. The van der Waals surface area contributed by atoms with Crippen LogP contribution >= 0.6 is 0 Å². The smallest absolute Gasteiger partial charge is 0.347 e. The summed E-state index contributed by atoms with van der Waals surface area (Å²) in [7, 11) is 0. The molecular formula is C20H19N3O5. The lowest BCUT2D eigenvalue weighted by Crippen LogP contribution is -2.29. The van der Waals surface area contributed by atoms with Gasteiger partial charge in [0.05, 0.1) is 11.6 Å². The third-order valence-electron chi connectivity index (χ3n) is 3.44. The fourth-order valence-electron chi connectivity index (χ4n) is 2.19. The van der Waals surface area contributed by atoms with Gasteiger partial charge >= 0.3 is 5.97 Å². The molecule has 2 aromatic carbocycles. The van der Waals surface area contributed by atoms with Crippen molar-refractivity contribution in [2.24, 2.45) is 0 Å². The van der Waals surface area contributed by atoms with E-state index < -0.39 is 24.6 Å². The van der Waals surface area contributed by atoms with Crippen LogP contribution in [0.5, 0.6) is 5.75 Å². The molecule has 0 saturated carbocycles. The molecule has 0 heterocycles. The summed E-state index contributed by atoms with van der Waals surface area (Å²) in [5.41, 5.74) is 1.46. The Bertz CT molecular complexity index is 903. The highest BCUT2D eigenvalue weighted by molar-refractivity contribution is 5.94. The SMILES string of the molecule is CC(=O)Nc1cccc(NC(=O)COC(=O)[C@@H](C)Oc2ccc(C#N)cc2)c1. The van der Waals surface area contributed by atoms with Gasteiger partial charge in [0.25, 0.3) is 5.91 Å². The van der Waals surface area contributed by atoms with Crippen molar-refractivity contribution in [2.45, 2.75) is 20.0 Å². The van der Waals surface area contributed by atoms with E-state index >= 15 is 0 Å². The monoisotopic (exact) mass is 381 g/mol. The Morgan fingerprint density at radius 2 is 1.71 bits per heavy atom. The molecule has 0 radical (unpaired) electrons. The minimum Gasteiger partial charge on any atom is -0.479 e. The number of anilines is 2. The Morgan fingerprint density at radius 3 is 2.32 bits per heavy atom. The summed E-state index contributed by atoms with van der Waals surface area (Å²) >= 11 is 0. The van der Waals surface area contributed by atoms with Gasteiger partial charge in [0.1, 0.15) is 5.75 Å². The minimum atomic E-state index is -0.927. The summed E-state index contributed by atoms with van der Waals surface area (Å²) in [5.74, 6) is -1.05. The maximum absolute atomic E-state index is 12.0. The number of nitriles is 1. The second kappa shape index (κ2) is 9.73. The van der Waals surface area contributed by atoms with E-state index in [9.17, 15) is 14.4 Å². The van der Waals surface area contributed by atoms with Gasteiger partial charge in [-0.25, -0.2) is 4.79 Å². The number of amides is 2. The molecule has 2 aromatic rings. The summed E-state index contributed by atoms with van der Waals surface area (Å²) in [6.45, 7) is 2.39. The molecule has 2 amide bonds. The van der Waals surface area contributed by atoms with Crippen LogP contribution in [-0.2, 0) is 19.1 Å². The number of carbonyl (C=O) groups excluding carboxylic acids is 3. The lowest BCUT2D eigenvalue weighted by atomic mass is 10.2. The molecule has 0 aliphatic carbocycles. The first-order valence-electron chi connectivity index (χ1n) is 8.38. The maximum atomic E-state index is 12.0. The summed E-state index contributed by atoms with van der Waals surface area (Å²) in [6, 6.07) is 14.8. The standard InChI is InChI=1S/C20H19N3O5/c1-13(28-18-8-6-15(11-21)7-9-18)20(26)27-12-19(25)23-17-5-3-4-16(10-17)22-14(2)24/h3-10,13H,12H2,1-2H3,(H,22,24)(H,23,25)/t13-/m1/s1. The number of esters is 1. The van der Waals surface area contributed by atoms with Crippen molar-refractivity contribution >= 4 is 29.2 Å². The van der Waals surface area contributed by atoms with Crippen LogP contribution in [0.4, 0.5) is 11.4 Å². The molecule has 0 spiro atoms. The van der Waals surface area contributed by atoms with Gasteiger partial charge in [-0.2, -0.15) is 5.26 Å². The van der Waals surface area contributed by atoms with Gasteiger partial charge in [0.15, 0.2) is 12.7 Å². The largest absolute Gasteiger partial charge is 0.479 e. The zero-order valence-corrected chi connectivity index (χ0v) is 15.4. The van der Waals surface area contributed by atoms with E-state index in [1.165, 1.54) is 13.8 Å². The number of hydrogen-bond acceptors (Lipinski definition) is 6. The lowest BCUT2D eigenvalue weighted by molar-refractivity contribution is -0.153. The molecule has 0 aliphatic rings. The Hall–Kier alpha value is -3.86. The quantitative estimate of drug-likeness (QED) is 0.712. The highest BCUT2D eigenvalue weighted by atomic mass is 16.6. The molecule has 8 heteroatoms. The van der Waals surface area contributed by atoms with Gasteiger partial charge in [-0.1, -0.05) is 6.07 Å². The summed E-state index contributed by atoms with van der Waals surface area (Å²) in [6.07, 6.45) is -0.927. The molecular weight excluding hydrogens is 362 g/mol. The van der Waals surface area contributed by atoms with Crippen LogP contribution in [0.3, 0.4) is 0 Å². The van der Waals surface area contributed by atoms with Gasteiger partial charge in [-0.3, -0.25) is 9.59 Å². The molecule has 0 unspecified atom stereocenters. The third-order valence-corrected chi connectivity index (χ3v) is 3.44. The van der Waals surface area contributed by atoms with E-state index in [0.29, 0.717) is 22.7 Å². The van der Waals surface area contributed by atoms with Crippen molar-refractivity contribution in [3.05, 3.63) is 54.1 Å². The number of carbonyl (C=O) groups is 3. The number of nitrogens with one attached hydrogen (secondary N) is 2. The predicted molar refractivity (Wildman–Crippen MR) is 102 cm³/mol. The van der Waals surface area contributed by atoms with Crippen LogP contribution in [0.2, 0.25) is 0 Å². The normalized spacial score (nSPS) is 10.9. The molecule has 2 rings (SSSR count). The Balaban J connectivity index is 1.82. The first kappa shape index (κ1) is 20.5. The van der Waals surface area contributed by atoms with E-state index in [-0.39, 0.29) is 5.91 Å². The molecule has 8 nitrogen and oxygen atoms in total. The van der Waals surface area contributed by atoms with Gasteiger partial charge in [-0.15, -0.1) is 0 Å². The molecule has 0 aliphatic heterocycles. The Morgan fingerprint density at radius 1 is 1.07 bits per heavy atom. The predicted octanol–water partition coefficient (Wildman–Crippen LogP) is 2.47. The van der Waals surface area contributed by atoms with Gasteiger partial charge in [0.2, 0.25) is 5.91 Å². The van der Waals surface area contributed by atoms with E-state index in [2.05, 4.69) is 10.6 Å². The number of benzene rings is 2. The zero-order chi connectivity index (χ0) is 20.5. The second-order valence-electron chi connectivity index (χ2n) is 5.81. The van der Waals surface area contributed by atoms with E-state index in [1.54, 1.807) is 48.5 Å². The fourth-order valence-corrected chi connectivity index (χ4v) is 2.19. The number of ether oxygens (including phenoxy) is 2. The van der Waals surface area contributed by atoms with Crippen LogP contribution in [0, 0.1) is 11.3 Å². The topological polar surface area (TPSA) is 118 Å². The summed E-state index contributed by atoms with van der Waals surface area (Å²) < 4.78 is 10.4. The molecule has 0 fully saturated rings. The van der Waals surface area contributed by atoms with Crippen molar-refractivity contribution in [1.82, 2.24) is 0 Å². The van der Waals surface area contributed by atoms with Crippen LogP contribution in [-0.4, -0.2) is 30.5 Å². The van der Waals surface area contributed by atoms with E-state index in [1.807, 2.05) is 6.07 Å². The highest BCUT2D eigenvalue weighted by Gasteiger charge is 2.18. The van der Waals surface area contributed by atoms with E-state index in [0.717, 1.165) is 0 Å². The average Bonchev–Trinajstić information content (AvgIpc) is 2.66. The summed E-state index contributed by atoms with van der Waals surface area (Å²) in [4.78, 5) is 35.0. The first-order valence-corrected chi connectivity index (χ1v) is 8.38. The Kier molecular flexibility index (Phi) is 7.11. The molecule has 1 atom stereocenters. The highest BCUT2D eigenvalue weighted by Crippen LogP contribution is 2.16. The number of hydrogen-bond donors (Lipinski definition) is 2. The van der Waals surface area contributed by atoms with Crippen LogP contribution in [0.25, 0.3) is 0 Å². The van der Waals surface area contributed by atoms with Crippen LogP contribution < -0.4 is 15.4 Å². The van der Waals surface area contributed by atoms with E-state index in [4.69, 9.17) is 14.7 Å². The molecule has 0 saturated heterocycles. The van der Waals surface area contributed by atoms with Crippen molar-refractivity contribution in [2.75, 3.05) is 17.2 Å². The Labute approximate surface area is 162 Å². The van der Waals surface area contributed by atoms with Gasteiger partial charge in [-0.05, 0) is 49.4 Å². The van der Waals surface area contributed by atoms with Crippen LogP contribution in [0.15, 0.2) is 48.5 Å². The maximum Gasteiger partial charge on any atom is 0.347 e. The van der Waals surface area contributed by atoms with Crippen molar-refractivity contribution in [3.63, 3.8) is 0 Å². The fraction of sp³-hybridized carbons (Fsp3) is 0.200. The lowest BCUT2D eigenvalue weighted by Gasteiger charge is -2.14. The van der Waals surface area contributed by atoms with Crippen LogP contribution in [0.1, 0.15) is 19.4 Å². The zero-order valence-electron chi connectivity index (χ0n) is 15.4. The second-order valence-corrected chi connectivity index (χ2v) is 5.81. The number of rotatable bonds is 7. The first-order chi connectivity index (χ1) is 13.4. The van der Waals surface area contributed by atoms with Crippen molar-refractivity contribution < 1.29 is 23.9 Å². The molecule has 0 bridgehead atoms. The van der Waals surface area contributed by atoms with Crippen molar-refractivity contribution in [3.8, 4) is 11.8 Å². The third kappa shape index (κ3) is 6.46.